The highest BCUT2D eigenvalue weighted by atomic mass is 16.5. The third kappa shape index (κ3) is 2.44. The van der Waals surface area contributed by atoms with Crippen LogP contribution in [0.5, 0.6) is 0 Å². The zero-order chi connectivity index (χ0) is 12.4. The SMILES string of the molecule is OC1CCCC1c1nc(C2CCCCCC2)no1. The van der Waals surface area contributed by atoms with Crippen molar-refractivity contribution >= 4 is 0 Å². The molecule has 0 spiro atoms. The smallest absolute Gasteiger partial charge is 0.232 e. The largest absolute Gasteiger partial charge is 0.392 e. The van der Waals surface area contributed by atoms with Crippen LogP contribution in [0.15, 0.2) is 4.52 Å². The van der Waals surface area contributed by atoms with Crippen LogP contribution in [-0.4, -0.2) is 21.4 Å². The normalized spacial score (nSPS) is 30.5. The second-order valence-corrected chi connectivity index (χ2v) is 5.78. The van der Waals surface area contributed by atoms with Gasteiger partial charge in [0.25, 0.3) is 0 Å². The molecule has 2 saturated carbocycles. The molecule has 4 heteroatoms. The lowest BCUT2D eigenvalue weighted by Gasteiger charge is -2.09. The Morgan fingerprint density at radius 1 is 0.944 bits per heavy atom. The molecule has 1 N–H and O–H groups in total. The molecule has 2 aliphatic carbocycles. The molecule has 2 fully saturated rings. The molecule has 0 radical (unpaired) electrons. The van der Waals surface area contributed by atoms with E-state index in [0.29, 0.717) is 11.8 Å². The first-order valence-electron chi connectivity index (χ1n) is 7.36. The van der Waals surface area contributed by atoms with Crippen molar-refractivity contribution in [3.05, 3.63) is 11.7 Å². The first-order chi connectivity index (χ1) is 8.84. The maximum atomic E-state index is 9.88. The zero-order valence-corrected chi connectivity index (χ0v) is 10.8. The minimum absolute atomic E-state index is 0.0806. The molecule has 2 unspecified atom stereocenters. The number of aliphatic hydroxyl groups is 1. The van der Waals surface area contributed by atoms with E-state index in [2.05, 4.69) is 10.1 Å². The number of aromatic nitrogens is 2. The van der Waals surface area contributed by atoms with Crippen LogP contribution in [0.2, 0.25) is 0 Å². The van der Waals surface area contributed by atoms with Gasteiger partial charge in [-0.25, -0.2) is 0 Å². The highest BCUT2D eigenvalue weighted by Gasteiger charge is 2.32. The Kier molecular flexibility index (Phi) is 3.64. The summed E-state index contributed by atoms with van der Waals surface area (Å²) < 4.78 is 5.39. The lowest BCUT2D eigenvalue weighted by Crippen LogP contribution is -2.11. The van der Waals surface area contributed by atoms with Crippen molar-refractivity contribution in [1.82, 2.24) is 10.1 Å². The predicted octanol–water partition coefficient (Wildman–Crippen LogP) is 3.14. The maximum absolute atomic E-state index is 9.88. The van der Waals surface area contributed by atoms with Crippen molar-refractivity contribution in [1.29, 1.82) is 0 Å². The van der Waals surface area contributed by atoms with E-state index in [-0.39, 0.29) is 12.0 Å². The average molecular weight is 250 g/mol. The molecule has 0 saturated heterocycles. The van der Waals surface area contributed by atoms with Crippen LogP contribution in [-0.2, 0) is 0 Å². The number of aliphatic hydroxyl groups excluding tert-OH is 1. The molecule has 3 rings (SSSR count). The highest BCUT2D eigenvalue weighted by molar-refractivity contribution is 5.03. The third-order valence-corrected chi connectivity index (χ3v) is 4.47. The first-order valence-corrected chi connectivity index (χ1v) is 7.36. The molecule has 4 nitrogen and oxygen atoms in total. The quantitative estimate of drug-likeness (QED) is 0.819. The van der Waals surface area contributed by atoms with E-state index in [1.807, 2.05) is 0 Å². The van der Waals surface area contributed by atoms with Crippen molar-refractivity contribution in [3.63, 3.8) is 0 Å². The van der Waals surface area contributed by atoms with Gasteiger partial charge in [0.15, 0.2) is 5.82 Å². The summed E-state index contributed by atoms with van der Waals surface area (Å²) in [7, 11) is 0. The van der Waals surface area contributed by atoms with Gasteiger partial charge < -0.3 is 9.63 Å². The van der Waals surface area contributed by atoms with Crippen molar-refractivity contribution < 1.29 is 9.63 Å². The Bertz CT molecular complexity index is 383. The summed E-state index contributed by atoms with van der Waals surface area (Å²) in [5.74, 6) is 2.10. The maximum Gasteiger partial charge on any atom is 0.232 e. The van der Waals surface area contributed by atoms with E-state index in [1.165, 1.54) is 38.5 Å². The van der Waals surface area contributed by atoms with E-state index in [9.17, 15) is 5.11 Å². The van der Waals surface area contributed by atoms with Crippen LogP contribution in [0.3, 0.4) is 0 Å². The Balaban J connectivity index is 1.72. The molecule has 1 aromatic heterocycles. The molecule has 1 heterocycles. The number of rotatable bonds is 2. The zero-order valence-electron chi connectivity index (χ0n) is 10.8. The second-order valence-electron chi connectivity index (χ2n) is 5.78. The molecule has 2 atom stereocenters. The van der Waals surface area contributed by atoms with Gasteiger partial charge in [0, 0.05) is 5.92 Å². The Morgan fingerprint density at radius 3 is 2.39 bits per heavy atom. The summed E-state index contributed by atoms with van der Waals surface area (Å²) in [6.07, 6.45) is 10.2. The van der Waals surface area contributed by atoms with Gasteiger partial charge in [0.2, 0.25) is 5.89 Å². The fourth-order valence-corrected chi connectivity index (χ4v) is 3.33. The number of hydrogen-bond donors (Lipinski definition) is 1. The van der Waals surface area contributed by atoms with Crippen LogP contribution in [0.1, 0.15) is 81.3 Å². The molecule has 0 aliphatic heterocycles. The summed E-state index contributed by atoms with van der Waals surface area (Å²) in [5.41, 5.74) is 0. The van der Waals surface area contributed by atoms with Crippen LogP contribution in [0, 0.1) is 0 Å². The van der Waals surface area contributed by atoms with E-state index in [4.69, 9.17) is 4.52 Å². The predicted molar refractivity (Wildman–Crippen MR) is 67.3 cm³/mol. The Labute approximate surface area is 108 Å². The molecule has 2 aliphatic rings. The lowest BCUT2D eigenvalue weighted by atomic mass is 9.99. The molecular weight excluding hydrogens is 228 g/mol. The van der Waals surface area contributed by atoms with E-state index in [1.54, 1.807) is 0 Å². The first kappa shape index (κ1) is 12.2. The Morgan fingerprint density at radius 2 is 1.72 bits per heavy atom. The monoisotopic (exact) mass is 250 g/mol. The lowest BCUT2D eigenvalue weighted by molar-refractivity contribution is 0.148. The van der Waals surface area contributed by atoms with Gasteiger partial charge in [-0.2, -0.15) is 4.98 Å². The molecule has 0 bridgehead atoms. The van der Waals surface area contributed by atoms with Gasteiger partial charge in [-0.05, 0) is 32.1 Å². The standard InChI is InChI=1S/C14H22N2O2/c17-12-9-5-8-11(12)14-15-13(16-18-14)10-6-3-1-2-4-7-10/h10-12,17H,1-9H2. The van der Waals surface area contributed by atoms with Crippen molar-refractivity contribution in [2.24, 2.45) is 0 Å². The van der Waals surface area contributed by atoms with E-state index < -0.39 is 0 Å². The van der Waals surface area contributed by atoms with Crippen LogP contribution in [0.25, 0.3) is 0 Å². The van der Waals surface area contributed by atoms with Crippen molar-refractivity contribution in [2.45, 2.75) is 75.7 Å². The topological polar surface area (TPSA) is 59.2 Å². The minimum atomic E-state index is -0.285. The summed E-state index contributed by atoms with van der Waals surface area (Å²) in [4.78, 5) is 4.57. The van der Waals surface area contributed by atoms with Crippen molar-refractivity contribution in [2.75, 3.05) is 0 Å². The number of nitrogens with zero attached hydrogens (tertiary/aromatic N) is 2. The molecular formula is C14H22N2O2. The highest BCUT2D eigenvalue weighted by Crippen LogP contribution is 2.35. The molecule has 1 aromatic rings. The summed E-state index contributed by atoms with van der Waals surface area (Å²) in [5, 5.41) is 14.0. The molecule has 100 valence electrons. The third-order valence-electron chi connectivity index (χ3n) is 4.47. The molecule has 18 heavy (non-hydrogen) atoms. The van der Waals surface area contributed by atoms with Crippen molar-refractivity contribution in [3.8, 4) is 0 Å². The van der Waals surface area contributed by atoms with Crippen LogP contribution in [0.4, 0.5) is 0 Å². The van der Waals surface area contributed by atoms with E-state index in [0.717, 1.165) is 25.1 Å². The average Bonchev–Trinajstić information content (AvgIpc) is 2.91. The van der Waals surface area contributed by atoms with Gasteiger partial charge in [-0.3, -0.25) is 0 Å². The summed E-state index contributed by atoms with van der Waals surface area (Å²) in [6, 6.07) is 0. The minimum Gasteiger partial charge on any atom is -0.392 e. The number of hydrogen-bond acceptors (Lipinski definition) is 4. The fourth-order valence-electron chi connectivity index (χ4n) is 3.33. The van der Waals surface area contributed by atoms with Gasteiger partial charge in [-0.15, -0.1) is 0 Å². The van der Waals surface area contributed by atoms with Crippen LogP contribution >= 0.6 is 0 Å². The van der Waals surface area contributed by atoms with Gasteiger partial charge in [0.1, 0.15) is 0 Å². The van der Waals surface area contributed by atoms with Gasteiger partial charge >= 0.3 is 0 Å². The van der Waals surface area contributed by atoms with Gasteiger partial charge in [-0.1, -0.05) is 30.8 Å². The van der Waals surface area contributed by atoms with E-state index >= 15 is 0 Å². The summed E-state index contributed by atoms with van der Waals surface area (Å²) in [6.45, 7) is 0. The second kappa shape index (κ2) is 5.39. The molecule has 0 amide bonds. The Hall–Kier alpha value is -0.900. The molecule has 0 aromatic carbocycles. The van der Waals surface area contributed by atoms with Crippen LogP contribution < -0.4 is 0 Å². The summed E-state index contributed by atoms with van der Waals surface area (Å²) >= 11 is 0. The fraction of sp³-hybridized carbons (Fsp3) is 0.857. The van der Waals surface area contributed by atoms with Gasteiger partial charge in [0.05, 0.1) is 12.0 Å².